The van der Waals surface area contributed by atoms with E-state index in [1.807, 2.05) is 25.1 Å². The van der Waals surface area contributed by atoms with Crippen molar-refractivity contribution in [1.29, 1.82) is 0 Å². The van der Waals surface area contributed by atoms with Crippen LogP contribution in [0.5, 0.6) is 5.75 Å². The first-order chi connectivity index (χ1) is 17.0. The predicted octanol–water partition coefficient (Wildman–Crippen LogP) is 4.97. The second-order valence-corrected chi connectivity index (χ2v) is 9.63. The highest BCUT2D eigenvalue weighted by Crippen LogP contribution is 2.30. The second-order valence-electron chi connectivity index (χ2n) is 9.63. The molecule has 4 rings (SSSR count). The van der Waals surface area contributed by atoms with Crippen LogP contribution in [-0.4, -0.2) is 59.3 Å². The van der Waals surface area contributed by atoms with Crippen LogP contribution >= 0.6 is 0 Å². The summed E-state index contributed by atoms with van der Waals surface area (Å²) >= 11 is 0. The van der Waals surface area contributed by atoms with Crippen LogP contribution in [-0.2, 0) is 28.5 Å². The molecule has 0 amide bonds. The fourth-order valence-electron chi connectivity index (χ4n) is 4.45. The van der Waals surface area contributed by atoms with Gasteiger partial charge in [0.2, 0.25) is 11.5 Å². The van der Waals surface area contributed by atoms with Gasteiger partial charge in [-0.25, -0.2) is 9.79 Å². The molecule has 6 nitrogen and oxygen atoms in total. The summed E-state index contributed by atoms with van der Waals surface area (Å²) in [6.07, 6.45) is -2.59. The number of carboxylic acid groups (broad SMARTS) is 1. The SMILES string of the molecule is CCC(C)(Oc1ccc2c(c1)CCN(CC1OC(c3ccc(C(F)(F)F)cc3)=NC1C)CC2)C(=O)O. The highest BCUT2D eigenvalue weighted by Gasteiger charge is 2.35. The zero-order valence-corrected chi connectivity index (χ0v) is 20.6. The standard InChI is InChI=1S/C27H31F3N2O4/c1-4-26(3,25(33)34)36-22-10-7-18-11-13-32(14-12-20(18)15-22)16-23-17(2)31-24(35-23)19-5-8-21(9-6-19)27(28,29)30/h5-10,15,17,23H,4,11-14,16H2,1-3H3,(H,33,34). The Labute approximate surface area is 208 Å². The molecule has 2 aromatic rings. The van der Waals surface area contributed by atoms with Gasteiger partial charge in [-0.2, -0.15) is 13.2 Å². The van der Waals surface area contributed by atoms with E-state index in [0.29, 0.717) is 30.2 Å². The maximum atomic E-state index is 12.9. The molecular formula is C27H31F3N2O4. The number of alkyl halides is 3. The molecule has 0 saturated heterocycles. The van der Waals surface area contributed by atoms with Crippen LogP contribution in [0.15, 0.2) is 47.5 Å². The molecular weight excluding hydrogens is 473 g/mol. The third-order valence-corrected chi connectivity index (χ3v) is 7.06. The van der Waals surface area contributed by atoms with Gasteiger partial charge < -0.3 is 14.6 Å². The first kappa shape index (κ1) is 26.0. The molecule has 2 aliphatic heterocycles. The molecule has 1 N–H and O–H groups in total. The fraction of sp³-hybridized carbons (Fsp3) is 0.481. The van der Waals surface area contributed by atoms with Crippen molar-refractivity contribution < 1.29 is 32.5 Å². The monoisotopic (exact) mass is 504 g/mol. The summed E-state index contributed by atoms with van der Waals surface area (Å²) in [6, 6.07) is 10.5. The van der Waals surface area contributed by atoms with E-state index in [2.05, 4.69) is 9.89 Å². The van der Waals surface area contributed by atoms with Crippen molar-refractivity contribution in [3.8, 4) is 5.75 Å². The summed E-state index contributed by atoms with van der Waals surface area (Å²) in [6.45, 7) is 7.59. The predicted molar refractivity (Wildman–Crippen MR) is 130 cm³/mol. The fourth-order valence-corrected chi connectivity index (χ4v) is 4.45. The minimum Gasteiger partial charge on any atom is -0.478 e. The zero-order valence-electron chi connectivity index (χ0n) is 20.6. The average Bonchev–Trinajstić information content (AvgIpc) is 3.08. The number of rotatable bonds is 7. The van der Waals surface area contributed by atoms with E-state index in [0.717, 1.165) is 43.6 Å². The molecule has 2 heterocycles. The smallest absolute Gasteiger partial charge is 0.416 e. The van der Waals surface area contributed by atoms with Crippen LogP contribution in [0.3, 0.4) is 0 Å². The number of aliphatic imine (C=N–C) groups is 1. The van der Waals surface area contributed by atoms with Crippen molar-refractivity contribution in [1.82, 2.24) is 4.90 Å². The number of carboxylic acids is 1. The van der Waals surface area contributed by atoms with Gasteiger partial charge in [-0.1, -0.05) is 13.0 Å². The lowest BCUT2D eigenvalue weighted by Gasteiger charge is -2.25. The Hall–Kier alpha value is -3.07. The Balaban J connectivity index is 1.36. The Morgan fingerprint density at radius 2 is 1.81 bits per heavy atom. The molecule has 0 fully saturated rings. The molecule has 36 heavy (non-hydrogen) atoms. The number of carbonyl (C=O) groups is 1. The zero-order chi connectivity index (χ0) is 26.1. The number of benzene rings is 2. The maximum absolute atomic E-state index is 12.9. The van der Waals surface area contributed by atoms with Crippen LogP contribution in [0.4, 0.5) is 13.2 Å². The molecule has 3 atom stereocenters. The van der Waals surface area contributed by atoms with E-state index in [1.54, 1.807) is 13.8 Å². The van der Waals surface area contributed by atoms with E-state index < -0.39 is 23.3 Å². The summed E-state index contributed by atoms with van der Waals surface area (Å²) in [5, 5.41) is 9.51. The van der Waals surface area contributed by atoms with Crippen molar-refractivity contribution >= 4 is 11.9 Å². The lowest BCUT2D eigenvalue weighted by molar-refractivity contribution is -0.154. The molecule has 9 heteroatoms. The van der Waals surface area contributed by atoms with Crippen molar-refractivity contribution in [2.45, 2.75) is 64.0 Å². The highest BCUT2D eigenvalue weighted by molar-refractivity contribution is 5.95. The van der Waals surface area contributed by atoms with Crippen LogP contribution in [0.1, 0.15) is 49.4 Å². The Morgan fingerprint density at radius 1 is 1.14 bits per heavy atom. The minimum atomic E-state index is -4.38. The third kappa shape index (κ3) is 5.67. The molecule has 2 aliphatic rings. The number of nitrogens with zero attached hydrogens (tertiary/aromatic N) is 2. The second kappa shape index (κ2) is 10.1. The number of ether oxygens (including phenoxy) is 2. The maximum Gasteiger partial charge on any atom is 0.416 e. The Bertz CT molecular complexity index is 1130. The van der Waals surface area contributed by atoms with Crippen molar-refractivity contribution in [3.63, 3.8) is 0 Å². The van der Waals surface area contributed by atoms with E-state index in [1.165, 1.54) is 17.7 Å². The van der Waals surface area contributed by atoms with Crippen molar-refractivity contribution in [3.05, 3.63) is 64.7 Å². The van der Waals surface area contributed by atoms with Gasteiger partial charge in [0.05, 0.1) is 11.6 Å². The normalized spacial score (nSPS) is 22.1. The van der Waals surface area contributed by atoms with Crippen LogP contribution < -0.4 is 4.74 Å². The quantitative estimate of drug-likeness (QED) is 0.577. The van der Waals surface area contributed by atoms with Gasteiger partial charge in [0.1, 0.15) is 11.9 Å². The Morgan fingerprint density at radius 3 is 2.42 bits per heavy atom. The van der Waals surface area contributed by atoms with E-state index in [4.69, 9.17) is 9.47 Å². The summed E-state index contributed by atoms with van der Waals surface area (Å²) in [5.41, 5.74) is 0.913. The Kier molecular flexibility index (Phi) is 7.31. The first-order valence-electron chi connectivity index (χ1n) is 12.2. The van der Waals surface area contributed by atoms with Crippen molar-refractivity contribution in [2.24, 2.45) is 4.99 Å². The van der Waals surface area contributed by atoms with E-state index in [-0.39, 0.29) is 12.1 Å². The number of aliphatic carboxylic acids is 1. The molecule has 3 unspecified atom stereocenters. The number of fused-ring (bicyclic) bond motifs is 1. The summed E-state index contributed by atoms with van der Waals surface area (Å²) in [7, 11) is 0. The number of halogens is 3. The highest BCUT2D eigenvalue weighted by atomic mass is 19.4. The largest absolute Gasteiger partial charge is 0.478 e. The van der Waals surface area contributed by atoms with Gasteiger partial charge >= 0.3 is 12.1 Å². The van der Waals surface area contributed by atoms with Gasteiger partial charge in [0.25, 0.3) is 0 Å². The van der Waals surface area contributed by atoms with Crippen LogP contribution in [0.2, 0.25) is 0 Å². The van der Waals surface area contributed by atoms with E-state index >= 15 is 0 Å². The average molecular weight is 505 g/mol. The summed E-state index contributed by atoms with van der Waals surface area (Å²) in [4.78, 5) is 18.5. The molecule has 0 radical (unpaired) electrons. The first-order valence-corrected chi connectivity index (χ1v) is 12.2. The number of hydrogen-bond donors (Lipinski definition) is 1. The van der Waals surface area contributed by atoms with Gasteiger partial charge in [-0.3, -0.25) is 4.90 Å². The minimum absolute atomic E-state index is 0.115. The topological polar surface area (TPSA) is 71.4 Å². The molecule has 0 bridgehead atoms. The van der Waals surface area contributed by atoms with Gasteiger partial charge in [0, 0.05) is 25.2 Å². The number of hydrogen-bond acceptors (Lipinski definition) is 5. The summed E-state index contributed by atoms with van der Waals surface area (Å²) < 4.78 is 50.5. The van der Waals surface area contributed by atoms with Crippen LogP contribution in [0, 0.1) is 0 Å². The molecule has 2 aromatic carbocycles. The van der Waals surface area contributed by atoms with E-state index in [9.17, 15) is 23.1 Å². The molecule has 0 spiro atoms. The van der Waals surface area contributed by atoms with Crippen LogP contribution in [0.25, 0.3) is 0 Å². The lowest BCUT2D eigenvalue weighted by atomic mass is 10.0. The molecule has 194 valence electrons. The lowest BCUT2D eigenvalue weighted by Crippen LogP contribution is -2.40. The van der Waals surface area contributed by atoms with Gasteiger partial charge in [-0.05, 0) is 80.6 Å². The molecule has 0 aliphatic carbocycles. The molecule has 0 aromatic heterocycles. The summed E-state index contributed by atoms with van der Waals surface area (Å²) in [5.74, 6) is -0.0653. The third-order valence-electron chi connectivity index (χ3n) is 7.06. The van der Waals surface area contributed by atoms with Crippen molar-refractivity contribution in [2.75, 3.05) is 19.6 Å². The van der Waals surface area contributed by atoms with Gasteiger partial charge in [-0.15, -0.1) is 0 Å². The molecule has 0 saturated carbocycles. The van der Waals surface area contributed by atoms with Gasteiger partial charge in [0.15, 0.2) is 0 Å².